The number of cyclic esters (lactones) is 1. The lowest BCUT2D eigenvalue weighted by atomic mass is 9.73. The van der Waals surface area contributed by atoms with Crippen LogP contribution in [0.25, 0.3) is 0 Å². The van der Waals surface area contributed by atoms with Crippen LogP contribution in [0, 0.1) is 0 Å². The van der Waals surface area contributed by atoms with Gasteiger partial charge in [0.15, 0.2) is 7.28 Å². The SMILES string of the molecule is CBc1ccc(Oc2cccc(CC(=O)O)c2)c(CN2C[C@@H](c3ccccc3)OC2=O)c1. The summed E-state index contributed by atoms with van der Waals surface area (Å²) in [5, 5.41) is 9.05. The normalized spacial score (nSPS) is 15.3. The highest BCUT2D eigenvalue weighted by Crippen LogP contribution is 2.31. The highest BCUT2D eigenvalue weighted by molar-refractivity contribution is 6.51. The number of carboxylic acid groups (broad SMARTS) is 1. The Morgan fingerprint density at radius 2 is 1.94 bits per heavy atom. The monoisotopic (exact) mass is 429 g/mol. The standard InChI is InChI=1S/C25H24BNO5/c1-26-20-10-11-22(31-21-9-5-6-17(12-21)13-24(28)29)19(14-20)15-27-16-23(32-25(27)30)18-7-3-2-4-8-18/h2-12,14,23,26H,13,15-16H2,1H3,(H,28,29)/t23-/m0/s1. The van der Waals surface area contributed by atoms with Crippen LogP contribution in [-0.2, 0) is 22.5 Å². The Morgan fingerprint density at radius 3 is 2.69 bits per heavy atom. The smallest absolute Gasteiger partial charge is 0.410 e. The summed E-state index contributed by atoms with van der Waals surface area (Å²) in [7, 11) is 0.860. The second kappa shape index (κ2) is 9.60. The number of amides is 1. The van der Waals surface area contributed by atoms with E-state index in [1.807, 2.05) is 48.5 Å². The molecule has 0 unspecified atom stereocenters. The van der Waals surface area contributed by atoms with Crippen LogP contribution in [0.1, 0.15) is 22.8 Å². The molecule has 0 spiro atoms. The van der Waals surface area contributed by atoms with Crippen molar-refractivity contribution in [2.24, 2.45) is 0 Å². The van der Waals surface area contributed by atoms with E-state index in [0.717, 1.165) is 23.9 Å². The molecular weight excluding hydrogens is 405 g/mol. The molecule has 0 saturated carbocycles. The van der Waals surface area contributed by atoms with E-state index >= 15 is 0 Å². The Bertz CT molecular complexity index is 1120. The van der Waals surface area contributed by atoms with Gasteiger partial charge in [-0.15, -0.1) is 0 Å². The molecule has 3 aromatic carbocycles. The zero-order chi connectivity index (χ0) is 22.5. The molecule has 0 aromatic heterocycles. The van der Waals surface area contributed by atoms with Crippen LogP contribution in [0.15, 0.2) is 72.8 Å². The summed E-state index contributed by atoms with van der Waals surface area (Å²) >= 11 is 0. The van der Waals surface area contributed by atoms with Crippen LogP contribution in [0.5, 0.6) is 11.5 Å². The number of hydrogen-bond acceptors (Lipinski definition) is 4. The zero-order valence-corrected chi connectivity index (χ0v) is 17.9. The van der Waals surface area contributed by atoms with E-state index in [-0.39, 0.29) is 18.6 Å². The third-order valence-electron chi connectivity index (χ3n) is 5.43. The Morgan fingerprint density at radius 1 is 1.12 bits per heavy atom. The number of carboxylic acids is 1. The molecule has 1 aliphatic rings. The van der Waals surface area contributed by atoms with Gasteiger partial charge in [0.05, 0.1) is 19.5 Å². The van der Waals surface area contributed by atoms with E-state index in [9.17, 15) is 9.59 Å². The highest BCUT2D eigenvalue weighted by atomic mass is 16.6. The molecule has 6 nitrogen and oxygen atoms in total. The lowest BCUT2D eigenvalue weighted by Crippen LogP contribution is -2.25. The van der Waals surface area contributed by atoms with Crippen LogP contribution in [-0.4, -0.2) is 35.9 Å². The summed E-state index contributed by atoms with van der Waals surface area (Å²) in [6, 6.07) is 22.7. The maximum Gasteiger partial charge on any atom is 0.410 e. The highest BCUT2D eigenvalue weighted by Gasteiger charge is 2.32. The molecule has 1 aliphatic heterocycles. The van der Waals surface area contributed by atoms with Crippen molar-refractivity contribution in [1.29, 1.82) is 0 Å². The van der Waals surface area contributed by atoms with Crippen molar-refractivity contribution < 1.29 is 24.2 Å². The first-order valence-electron chi connectivity index (χ1n) is 10.6. The third-order valence-corrected chi connectivity index (χ3v) is 5.43. The fraction of sp³-hybridized carbons (Fsp3) is 0.200. The summed E-state index contributed by atoms with van der Waals surface area (Å²) in [5.74, 6) is 0.293. The van der Waals surface area contributed by atoms with Crippen LogP contribution < -0.4 is 10.2 Å². The molecule has 1 saturated heterocycles. The summed E-state index contributed by atoms with van der Waals surface area (Å²) in [4.78, 5) is 25.2. The summed E-state index contributed by atoms with van der Waals surface area (Å²) in [6.45, 7) is 2.90. The predicted octanol–water partition coefficient (Wildman–Crippen LogP) is 3.91. The minimum atomic E-state index is -0.893. The average Bonchev–Trinajstić information content (AvgIpc) is 3.15. The van der Waals surface area contributed by atoms with Gasteiger partial charge in [-0.1, -0.05) is 66.9 Å². The average molecular weight is 429 g/mol. The van der Waals surface area contributed by atoms with E-state index in [1.54, 1.807) is 29.2 Å². The number of ether oxygens (including phenoxy) is 2. The molecular formula is C25H24BNO5. The van der Waals surface area contributed by atoms with Crippen molar-refractivity contribution in [2.75, 3.05) is 6.54 Å². The molecule has 0 bridgehead atoms. The molecule has 3 aromatic rings. The topological polar surface area (TPSA) is 76.1 Å². The largest absolute Gasteiger partial charge is 0.481 e. The minimum Gasteiger partial charge on any atom is -0.481 e. The second-order valence-corrected chi connectivity index (χ2v) is 7.78. The Kier molecular flexibility index (Phi) is 6.45. The second-order valence-electron chi connectivity index (χ2n) is 7.78. The summed E-state index contributed by atoms with van der Waals surface area (Å²) < 4.78 is 11.7. The van der Waals surface area contributed by atoms with Crippen molar-refractivity contribution in [3.63, 3.8) is 0 Å². The summed E-state index contributed by atoms with van der Waals surface area (Å²) in [5.41, 5.74) is 3.64. The number of nitrogens with zero attached hydrogens (tertiary/aromatic N) is 1. The molecule has 32 heavy (non-hydrogen) atoms. The van der Waals surface area contributed by atoms with Crippen LogP contribution in [0.3, 0.4) is 0 Å². The first kappa shape index (κ1) is 21.5. The van der Waals surface area contributed by atoms with Crippen molar-refractivity contribution in [1.82, 2.24) is 4.90 Å². The fourth-order valence-electron chi connectivity index (χ4n) is 3.78. The van der Waals surface area contributed by atoms with Crippen molar-refractivity contribution in [3.05, 3.63) is 89.5 Å². The van der Waals surface area contributed by atoms with Crippen LogP contribution in [0.2, 0.25) is 6.82 Å². The molecule has 162 valence electrons. The van der Waals surface area contributed by atoms with Gasteiger partial charge in [-0.3, -0.25) is 9.69 Å². The van der Waals surface area contributed by atoms with Crippen molar-refractivity contribution >= 4 is 24.8 Å². The van der Waals surface area contributed by atoms with Crippen LogP contribution >= 0.6 is 0 Å². The van der Waals surface area contributed by atoms with Crippen molar-refractivity contribution in [3.8, 4) is 11.5 Å². The number of rotatable bonds is 8. The maximum atomic E-state index is 12.5. The number of benzene rings is 3. The predicted molar refractivity (Wildman–Crippen MR) is 123 cm³/mol. The summed E-state index contributed by atoms with van der Waals surface area (Å²) in [6.07, 6.45) is -0.718. The van der Waals surface area contributed by atoms with Crippen LogP contribution in [0.4, 0.5) is 4.79 Å². The molecule has 1 N–H and O–H groups in total. The van der Waals surface area contributed by atoms with Gasteiger partial charge in [0.25, 0.3) is 0 Å². The van der Waals surface area contributed by atoms with Gasteiger partial charge in [0.1, 0.15) is 17.6 Å². The quantitative estimate of drug-likeness (QED) is 0.550. The first-order valence-corrected chi connectivity index (χ1v) is 10.6. The molecule has 1 fully saturated rings. The van der Waals surface area contributed by atoms with E-state index in [1.165, 1.54) is 0 Å². The number of aliphatic carboxylic acids is 1. The van der Waals surface area contributed by atoms with Gasteiger partial charge >= 0.3 is 12.1 Å². The van der Waals surface area contributed by atoms with Gasteiger partial charge in [-0.05, 0) is 29.3 Å². The molecule has 1 amide bonds. The molecule has 0 radical (unpaired) electrons. The molecule has 1 atom stereocenters. The van der Waals surface area contributed by atoms with E-state index < -0.39 is 5.97 Å². The number of carbonyl (C=O) groups is 2. The van der Waals surface area contributed by atoms with Gasteiger partial charge in [-0.2, -0.15) is 0 Å². The maximum absolute atomic E-state index is 12.5. The Hall–Kier alpha value is -3.74. The Labute approximate surface area is 187 Å². The zero-order valence-electron chi connectivity index (χ0n) is 17.9. The van der Waals surface area contributed by atoms with Gasteiger partial charge in [0.2, 0.25) is 0 Å². The van der Waals surface area contributed by atoms with Crippen molar-refractivity contribution in [2.45, 2.75) is 25.9 Å². The molecule has 0 aliphatic carbocycles. The molecule has 1 heterocycles. The van der Waals surface area contributed by atoms with E-state index in [2.05, 4.69) is 6.82 Å². The van der Waals surface area contributed by atoms with Gasteiger partial charge in [0, 0.05) is 5.56 Å². The minimum absolute atomic E-state index is 0.0701. The third kappa shape index (κ3) is 5.11. The molecule has 7 heteroatoms. The van der Waals surface area contributed by atoms with Gasteiger partial charge in [-0.25, -0.2) is 4.79 Å². The Balaban J connectivity index is 1.55. The van der Waals surface area contributed by atoms with E-state index in [4.69, 9.17) is 14.6 Å². The lowest BCUT2D eigenvalue weighted by Gasteiger charge is -2.18. The number of hydrogen-bond donors (Lipinski definition) is 1. The number of carbonyl (C=O) groups excluding carboxylic acids is 1. The molecule has 4 rings (SSSR count). The fourth-order valence-corrected chi connectivity index (χ4v) is 3.78. The van der Waals surface area contributed by atoms with Gasteiger partial charge < -0.3 is 14.6 Å². The first-order chi connectivity index (χ1) is 15.5. The van der Waals surface area contributed by atoms with E-state index in [0.29, 0.717) is 30.2 Å². The lowest BCUT2D eigenvalue weighted by molar-refractivity contribution is -0.136.